The first kappa shape index (κ1) is 28.4. The standard InChI is InChI=1S/C11H21F2N.C9H16F5N/c1-2-3-4-8-14-9-11(12,13)10-6-5-7-10;1-7(2)4-3-5-15-6-8(10,11)9(12,13)14/h10,14H,2-9H2,1H3;7,15H,3-6H2,1-2H3. The van der Waals surface area contributed by atoms with Gasteiger partial charge in [-0.05, 0) is 51.1 Å². The monoisotopic (exact) mass is 438 g/mol. The highest BCUT2D eigenvalue weighted by atomic mass is 19.4. The lowest BCUT2D eigenvalue weighted by atomic mass is 9.80. The van der Waals surface area contributed by atoms with Crippen LogP contribution in [0.1, 0.15) is 72.1 Å². The van der Waals surface area contributed by atoms with E-state index in [1.165, 1.54) is 0 Å². The zero-order chi connectivity index (χ0) is 22.6. The maximum Gasteiger partial charge on any atom is 0.454 e. The SMILES string of the molecule is CC(C)CCCNCC(F)(F)C(F)(F)F.CCCCCNCC(F)(F)C1CCC1. The largest absolute Gasteiger partial charge is 0.454 e. The summed E-state index contributed by atoms with van der Waals surface area (Å²) in [6.45, 7) is 5.49. The quantitative estimate of drug-likeness (QED) is 0.256. The summed E-state index contributed by atoms with van der Waals surface area (Å²) >= 11 is 0. The lowest BCUT2D eigenvalue weighted by molar-refractivity contribution is -0.279. The van der Waals surface area contributed by atoms with Gasteiger partial charge in [-0.3, -0.25) is 0 Å². The van der Waals surface area contributed by atoms with Gasteiger partial charge in [-0.2, -0.15) is 22.0 Å². The Kier molecular flexibility index (Phi) is 13.4. The van der Waals surface area contributed by atoms with Crippen molar-refractivity contribution in [2.75, 3.05) is 26.2 Å². The first-order valence-corrected chi connectivity index (χ1v) is 10.6. The van der Waals surface area contributed by atoms with Crippen molar-refractivity contribution in [3.05, 3.63) is 0 Å². The van der Waals surface area contributed by atoms with Crippen LogP contribution < -0.4 is 10.6 Å². The number of alkyl halides is 7. The van der Waals surface area contributed by atoms with Gasteiger partial charge in [-0.25, -0.2) is 8.78 Å². The van der Waals surface area contributed by atoms with Crippen LogP contribution in [0.2, 0.25) is 0 Å². The Morgan fingerprint density at radius 2 is 1.38 bits per heavy atom. The molecule has 1 saturated carbocycles. The molecule has 0 bridgehead atoms. The molecule has 1 aliphatic rings. The summed E-state index contributed by atoms with van der Waals surface area (Å²) in [5.74, 6) is -7.02. The smallest absolute Gasteiger partial charge is 0.311 e. The predicted octanol–water partition coefficient (Wildman–Crippen LogP) is 6.41. The third-order valence-corrected chi connectivity index (χ3v) is 4.92. The first-order valence-electron chi connectivity index (χ1n) is 10.6. The molecule has 0 amide bonds. The van der Waals surface area contributed by atoms with Gasteiger partial charge < -0.3 is 10.6 Å². The van der Waals surface area contributed by atoms with E-state index in [0.29, 0.717) is 25.2 Å². The van der Waals surface area contributed by atoms with Crippen molar-refractivity contribution in [1.29, 1.82) is 0 Å². The second-order valence-corrected chi connectivity index (χ2v) is 8.19. The fraction of sp³-hybridized carbons (Fsp3) is 1.00. The predicted molar refractivity (Wildman–Crippen MR) is 103 cm³/mol. The molecule has 0 unspecified atom stereocenters. The number of hydrogen-bond donors (Lipinski definition) is 2. The highest BCUT2D eigenvalue weighted by molar-refractivity contribution is 4.85. The van der Waals surface area contributed by atoms with Gasteiger partial charge in [0.1, 0.15) is 0 Å². The van der Waals surface area contributed by atoms with Crippen LogP contribution in [0.3, 0.4) is 0 Å². The van der Waals surface area contributed by atoms with Gasteiger partial charge in [-0.1, -0.05) is 40.0 Å². The van der Waals surface area contributed by atoms with E-state index in [1.807, 2.05) is 13.8 Å². The molecule has 29 heavy (non-hydrogen) atoms. The van der Waals surface area contributed by atoms with Crippen LogP contribution in [-0.4, -0.2) is 44.2 Å². The Morgan fingerprint density at radius 1 is 0.828 bits per heavy atom. The van der Waals surface area contributed by atoms with E-state index in [4.69, 9.17) is 0 Å². The van der Waals surface area contributed by atoms with E-state index in [0.717, 1.165) is 38.6 Å². The van der Waals surface area contributed by atoms with Crippen molar-refractivity contribution in [2.45, 2.75) is 90.2 Å². The summed E-state index contributed by atoms with van der Waals surface area (Å²) in [6.07, 6.45) is 1.64. The second kappa shape index (κ2) is 13.7. The average Bonchev–Trinajstić information content (AvgIpc) is 2.51. The Balaban J connectivity index is 0.000000541. The fourth-order valence-electron chi connectivity index (χ4n) is 2.71. The first-order chi connectivity index (χ1) is 13.3. The third-order valence-electron chi connectivity index (χ3n) is 4.92. The van der Waals surface area contributed by atoms with Gasteiger partial charge in [0.05, 0.1) is 13.1 Å². The molecular weight excluding hydrogens is 401 g/mol. The van der Waals surface area contributed by atoms with Gasteiger partial charge in [0.25, 0.3) is 5.92 Å². The molecule has 2 N–H and O–H groups in total. The fourth-order valence-corrected chi connectivity index (χ4v) is 2.71. The van der Waals surface area contributed by atoms with Crippen LogP contribution in [0.15, 0.2) is 0 Å². The molecule has 0 aromatic carbocycles. The maximum atomic E-state index is 13.3. The Hall–Kier alpha value is -0.570. The number of halogens is 7. The molecule has 1 aliphatic carbocycles. The van der Waals surface area contributed by atoms with Crippen LogP contribution in [0.4, 0.5) is 30.7 Å². The Morgan fingerprint density at radius 3 is 1.83 bits per heavy atom. The molecule has 0 aliphatic heterocycles. The van der Waals surface area contributed by atoms with E-state index in [2.05, 4.69) is 17.6 Å². The second-order valence-electron chi connectivity index (χ2n) is 8.19. The van der Waals surface area contributed by atoms with Crippen molar-refractivity contribution in [3.8, 4) is 0 Å². The topological polar surface area (TPSA) is 24.1 Å². The lowest BCUT2D eigenvalue weighted by Crippen LogP contribution is -2.45. The summed E-state index contributed by atoms with van der Waals surface area (Å²) in [5, 5.41) is 4.98. The number of hydrogen-bond acceptors (Lipinski definition) is 2. The van der Waals surface area contributed by atoms with Crippen LogP contribution in [0, 0.1) is 11.8 Å². The van der Waals surface area contributed by atoms with Crippen molar-refractivity contribution in [1.82, 2.24) is 10.6 Å². The molecule has 2 nitrogen and oxygen atoms in total. The lowest BCUT2D eigenvalue weighted by Gasteiger charge is -2.33. The molecule has 0 spiro atoms. The molecule has 0 aromatic heterocycles. The molecule has 9 heteroatoms. The molecule has 1 rings (SSSR count). The molecule has 0 heterocycles. The molecule has 1 fully saturated rings. The van der Waals surface area contributed by atoms with Crippen molar-refractivity contribution in [2.24, 2.45) is 11.8 Å². The van der Waals surface area contributed by atoms with Crippen molar-refractivity contribution < 1.29 is 30.7 Å². The van der Waals surface area contributed by atoms with Gasteiger partial charge >= 0.3 is 12.1 Å². The molecule has 176 valence electrons. The number of rotatable bonds is 13. The van der Waals surface area contributed by atoms with Crippen LogP contribution in [0.25, 0.3) is 0 Å². The summed E-state index contributed by atoms with van der Waals surface area (Å²) in [6, 6.07) is 0. The minimum absolute atomic E-state index is 0.124. The normalized spacial score (nSPS) is 15.8. The van der Waals surface area contributed by atoms with Crippen LogP contribution in [-0.2, 0) is 0 Å². The summed E-state index contributed by atoms with van der Waals surface area (Å²) < 4.78 is 86.3. The Bertz CT molecular complexity index is 408. The highest BCUT2D eigenvalue weighted by Gasteiger charge is 2.56. The van der Waals surface area contributed by atoms with E-state index >= 15 is 0 Å². The molecule has 0 saturated heterocycles. The van der Waals surface area contributed by atoms with E-state index in [9.17, 15) is 30.7 Å². The number of unbranched alkanes of at least 4 members (excludes halogenated alkanes) is 2. The van der Waals surface area contributed by atoms with E-state index < -0.39 is 24.6 Å². The summed E-state index contributed by atoms with van der Waals surface area (Å²) in [4.78, 5) is 0. The van der Waals surface area contributed by atoms with Gasteiger partial charge in [0, 0.05) is 5.92 Å². The number of nitrogens with one attached hydrogen (secondary N) is 2. The Labute approximate surface area is 170 Å². The van der Waals surface area contributed by atoms with Gasteiger partial charge in [0.15, 0.2) is 0 Å². The summed E-state index contributed by atoms with van der Waals surface area (Å²) in [5.41, 5.74) is 0. The highest BCUT2D eigenvalue weighted by Crippen LogP contribution is 2.39. The van der Waals surface area contributed by atoms with Crippen LogP contribution >= 0.6 is 0 Å². The molecular formula is C20H37F7N2. The molecule has 0 radical (unpaired) electrons. The van der Waals surface area contributed by atoms with Crippen LogP contribution in [0.5, 0.6) is 0 Å². The van der Waals surface area contributed by atoms with Crippen molar-refractivity contribution >= 4 is 0 Å². The molecule has 0 aromatic rings. The zero-order valence-electron chi connectivity index (χ0n) is 17.8. The minimum atomic E-state index is -5.46. The zero-order valence-corrected chi connectivity index (χ0v) is 17.8. The minimum Gasteiger partial charge on any atom is -0.311 e. The van der Waals surface area contributed by atoms with Gasteiger partial charge in [-0.15, -0.1) is 0 Å². The van der Waals surface area contributed by atoms with E-state index in [-0.39, 0.29) is 19.0 Å². The van der Waals surface area contributed by atoms with Crippen molar-refractivity contribution in [3.63, 3.8) is 0 Å². The maximum absolute atomic E-state index is 13.3. The third kappa shape index (κ3) is 12.7. The van der Waals surface area contributed by atoms with Gasteiger partial charge in [0.2, 0.25) is 0 Å². The molecule has 0 atom stereocenters. The van der Waals surface area contributed by atoms with E-state index in [1.54, 1.807) is 0 Å². The summed E-state index contributed by atoms with van der Waals surface area (Å²) in [7, 11) is 0. The average molecular weight is 439 g/mol.